The Morgan fingerprint density at radius 2 is 1.33 bits per heavy atom. The molecule has 1 nitrogen and oxygen atoms in total. The summed E-state index contributed by atoms with van der Waals surface area (Å²) in [7, 11) is 0. The van der Waals surface area contributed by atoms with Crippen LogP contribution in [0.5, 0.6) is 5.75 Å². The zero-order valence-electron chi connectivity index (χ0n) is 10.8. The molecule has 102 valence electrons. The molecule has 0 bridgehead atoms. The van der Waals surface area contributed by atoms with E-state index in [0.29, 0.717) is 0 Å². The predicted octanol–water partition coefficient (Wildman–Crippen LogP) is 5.95. The number of rotatable bonds is 10. The molecule has 0 fully saturated rings. The number of alkyl halides is 1. The minimum Gasteiger partial charge on any atom is -0.494 e. The van der Waals surface area contributed by atoms with Crippen molar-refractivity contribution in [1.82, 2.24) is 0 Å². The monoisotopic (exact) mass is 376 g/mol. The van der Waals surface area contributed by atoms with E-state index < -0.39 is 0 Å². The largest absolute Gasteiger partial charge is 0.494 e. The highest BCUT2D eigenvalue weighted by Crippen LogP contribution is 2.16. The minimum absolute atomic E-state index is 0.836. The summed E-state index contributed by atoms with van der Waals surface area (Å²) in [4.78, 5) is 0. The van der Waals surface area contributed by atoms with Crippen molar-refractivity contribution in [2.24, 2.45) is 0 Å². The van der Waals surface area contributed by atoms with Crippen LogP contribution in [0.1, 0.15) is 44.9 Å². The molecule has 1 aromatic carbocycles. The van der Waals surface area contributed by atoms with E-state index >= 15 is 0 Å². The van der Waals surface area contributed by atoms with Gasteiger partial charge in [0.2, 0.25) is 0 Å². The molecular formula is C15H22Br2O. The number of hydrogen-bond donors (Lipinski definition) is 0. The first-order chi connectivity index (χ1) is 8.83. The second kappa shape index (κ2) is 10.9. The molecule has 0 heterocycles. The van der Waals surface area contributed by atoms with Gasteiger partial charge in [-0.1, -0.05) is 64.0 Å². The second-order valence-electron chi connectivity index (χ2n) is 4.47. The minimum atomic E-state index is 0.836. The Kier molecular flexibility index (Phi) is 9.68. The summed E-state index contributed by atoms with van der Waals surface area (Å²) in [5.74, 6) is 0.968. The van der Waals surface area contributed by atoms with Gasteiger partial charge in [0.05, 0.1) is 6.61 Å². The van der Waals surface area contributed by atoms with Crippen LogP contribution in [0.2, 0.25) is 0 Å². The van der Waals surface area contributed by atoms with E-state index in [1.54, 1.807) is 0 Å². The lowest BCUT2D eigenvalue weighted by Gasteiger charge is -2.06. The topological polar surface area (TPSA) is 9.23 Å². The number of halogens is 2. The Bertz CT molecular complexity index is 298. The molecule has 0 radical (unpaired) electrons. The zero-order chi connectivity index (χ0) is 13.1. The van der Waals surface area contributed by atoms with Gasteiger partial charge in [-0.3, -0.25) is 0 Å². The number of benzene rings is 1. The maximum absolute atomic E-state index is 5.68. The van der Waals surface area contributed by atoms with Crippen LogP contribution in [0.3, 0.4) is 0 Å². The lowest BCUT2D eigenvalue weighted by Crippen LogP contribution is -1.97. The van der Waals surface area contributed by atoms with Gasteiger partial charge in [0.25, 0.3) is 0 Å². The molecule has 0 aliphatic rings. The fourth-order valence-corrected chi connectivity index (χ4v) is 2.46. The molecule has 1 aromatic rings. The average Bonchev–Trinajstić information content (AvgIpc) is 2.39. The van der Waals surface area contributed by atoms with Gasteiger partial charge in [-0.05, 0) is 37.1 Å². The van der Waals surface area contributed by atoms with Crippen LogP contribution < -0.4 is 4.74 Å². The molecule has 0 unspecified atom stereocenters. The SMILES string of the molecule is BrCCCCCCCCCOc1ccc(Br)cc1. The van der Waals surface area contributed by atoms with Crippen molar-refractivity contribution in [2.45, 2.75) is 44.9 Å². The highest BCUT2D eigenvalue weighted by Gasteiger charge is 1.95. The van der Waals surface area contributed by atoms with Gasteiger partial charge in [0.1, 0.15) is 5.75 Å². The normalized spacial score (nSPS) is 10.6. The summed E-state index contributed by atoms with van der Waals surface area (Å²) in [5.41, 5.74) is 0. The van der Waals surface area contributed by atoms with Gasteiger partial charge in [-0.25, -0.2) is 0 Å². The van der Waals surface area contributed by atoms with Gasteiger partial charge < -0.3 is 4.74 Å². The van der Waals surface area contributed by atoms with Crippen molar-refractivity contribution in [3.63, 3.8) is 0 Å². The molecule has 0 aliphatic carbocycles. The molecule has 0 amide bonds. The molecule has 1 rings (SSSR count). The van der Waals surface area contributed by atoms with Crippen molar-refractivity contribution in [1.29, 1.82) is 0 Å². The van der Waals surface area contributed by atoms with Gasteiger partial charge in [-0.15, -0.1) is 0 Å². The highest BCUT2D eigenvalue weighted by molar-refractivity contribution is 9.10. The van der Waals surface area contributed by atoms with Crippen molar-refractivity contribution in [3.8, 4) is 5.75 Å². The fourth-order valence-electron chi connectivity index (χ4n) is 1.80. The van der Waals surface area contributed by atoms with Crippen LogP contribution in [-0.4, -0.2) is 11.9 Å². The first kappa shape index (κ1) is 16.0. The quantitative estimate of drug-likeness (QED) is 0.361. The number of unbranched alkanes of at least 4 members (excludes halogenated alkanes) is 6. The maximum atomic E-state index is 5.68. The molecule has 0 saturated carbocycles. The summed E-state index contributed by atoms with van der Waals surface area (Å²) in [6.45, 7) is 0.836. The summed E-state index contributed by atoms with van der Waals surface area (Å²) < 4.78 is 6.77. The smallest absolute Gasteiger partial charge is 0.119 e. The van der Waals surface area contributed by atoms with E-state index in [2.05, 4.69) is 31.9 Å². The van der Waals surface area contributed by atoms with E-state index in [9.17, 15) is 0 Å². The second-order valence-corrected chi connectivity index (χ2v) is 6.17. The number of hydrogen-bond acceptors (Lipinski definition) is 1. The van der Waals surface area contributed by atoms with E-state index in [1.807, 2.05) is 24.3 Å². The van der Waals surface area contributed by atoms with Crippen LogP contribution in [-0.2, 0) is 0 Å². The van der Waals surface area contributed by atoms with Crippen molar-refractivity contribution >= 4 is 31.9 Å². The van der Waals surface area contributed by atoms with Gasteiger partial charge >= 0.3 is 0 Å². The molecule has 3 heteroatoms. The molecule has 0 atom stereocenters. The van der Waals surface area contributed by atoms with Crippen LogP contribution in [0, 0.1) is 0 Å². The summed E-state index contributed by atoms with van der Waals surface area (Å²) in [6, 6.07) is 8.03. The third-order valence-electron chi connectivity index (χ3n) is 2.86. The third-order valence-corrected chi connectivity index (χ3v) is 3.95. The van der Waals surface area contributed by atoms with Crippen molar-refractivity contribution < 1.29 is 4.74 Å². The van der Waals surface area contributed by atoms with Crippen LogP contribution in [0.15, 0.2) is 28.7 Å². The fraction of sp³-hybridized carbons (Fsp3) is 0.600. The average molecular weight is 378 g/mol. The van der Waals surface area contributed by atoms with Crippen molar-refractivity contribution in [3.05, 3.63) is 28.7 Å². The lowest BCUT2D eigenvalue weighted by atomic mass is 10.1. The molecule has 0 spiro atoms. The molecule has 18 heavy (non-hydrogen) atoms. The lowest BCUT2D eigenvalue weighted by molar-refractivity contribution is 0.304. The molecule has 0 aliphatic heterocycles. The Hall–Kier alpha value is -0.0200. The van der Waals surface area contributed by atoms with Gasteiger partial charge in [0.15, 0.2) is 0 Å². The predicted molar refractivity (Wildman–Crippen MR) is 85.8 cm³/mol. The van der Waals surface area contributed by atoms with E-state index in [0.717, 1.165) is 28.6 Å². The summed E-state index contributed by atoms with van der Waals surface area (Å²) in [6.07, 6.45) is 9.20. The number of ether oxygens (including phenoxy) is 1. The molecule has 0 aromatic heterocycles. The Balaban J connectivity index is 1.91. The maximum Gasteiger partial charge on any atom is 0.119 e. The van der Waals surface area contributed by atoms with Crippen molar-refractivity contribution in [2.75, 3.05) is 11.9 Å². The zero-order valence-corrected chi connectivity index (χ0v) is 14.0. The van der Waals surface area contributed by atoms with Crippen LogP contribution in [0.4, 0.5) is 0 Å². The molecule has 0 N–H and O–H groups in total. The van der Waals surface area contributed by atoms with Gasteiger partial charge in [0, 0.05) is 9.80 Å². The first-order valence-corrected chi connectivity index (χ1v) is 8.68. The Morgan fingerprint density at radius 1 is 0.778 bits per heavy atom. The van der Waals surface area contributed by atoms with E-state index in [-0.39, 0.29) is 0 Å². The highest BCUT2D eigenvalue weighted by atomic mass is 79.9. The summed E-state index contributed by atoms with van der Waals surface area (Å²) >= 11 is 6.87. The Morgan fingerprint density at radius 3 is 1.94 bits per heavy atom. The van der Waals surface area contributed by atoms with Gasteiger partial charge in [-0.2, -0.15) is 0 Å². The van der Waals surface area contributed by atoms with E-state index in [1.165, 1.54) is 38.5 Å². The molecular weight excluding hydrogens is 356 g/mol. The standard InChI is InChI=1S/C15H22Br2O/c16-12-6-4-2-1-3-5-7-13-18-15-10-8-14(17)9-11-15/h8-11H,1-7,12-13H2. The van der Waals surface area contributed by atoms with Crippen LogP contribution in [0.25, 0.3) is 0 Å². The third kappa shape index (κ3) is 8.15. The first-order valence-electron chi connectivity index (χ1n) is 6.77. The van der Waals surface area contributed by atoms with Crippen LogP contribution >= 0.6 is 31.9 Å². The summed E-state index contributed by atoms with van der Waals surface area (Å²) in [5, 5.41) is 1.15. The Labute approximate surface area is 128 Å². The van der Waals surface area contributed by atoms with E-state index in [4.69, 9.17) is 4.74 Å². The molecule has 0 saturated heterocycles.